The molecule has 6 heteroatoms. The summed E-state index contributed by atoms with van der Waals surface area (Å²) in [4.78, 5) is 30.4. The Bertz CT molecular complexity index is 1260. The SMILES string of the molecule is Cc1c(Sc2ccccn2)c(=O)oc2cc(C)n(Cc3ccccc3)c(=O)c12. The summed E-state index contributed by atoms with van der Waals surface area (Å²) in [7, 11) is 0. The van der Waals surface area contributed by atoms with Crippen molar-refractivity contribution in [3.8, 4) is 0 Å². The van der Waals surface area contributed by atoms with Crippen LogP contribution in [0.25, 0.3) is 11.0 Å². The molecule has 0 N–H and O–H groups in total. The molecule has 0 unspecified atom stereocenters. The summed E-state index contributed by atoms with van der Waals surface area (Å²) in [6.07, 6.45) is 1.66. The minimum absolute atomic E-state index is 0.164. The predicted molar refractivity (Wildman–Crippen MR) is 110 cm³/mol. The Morgan fingerprint density at radius 2 is 1.79 bits per heavy atom. The van der Waals surface area contributed by atoms with Crippen LogP contribution in [0.15, 0.2) is 84.7 Å². The van der Waals surface area contributed by atoms with Crippen LogP contribution in [0, 0.1) is 13.8 Å². The van der Waals surface area contributed by atoms with Gasteiger partial charge in [-0.1, -0.05) is 48.2 Å². The molecule has 3 heterocycles. The van der Waals surface area contributed by atoms with Crippen LogP contribution in [0.1, 0.15) is 16.8 Å². The van der Waals surface area contributed by atoms with Crippen molar-refractivity contribution < 1.29 is 4.42 Å². The third kappa shape index (κ3) is 3.39. The number of rotatable bonds is 4. The second-order valence-electron chi connectivity index (χ2n) is 6.52. The molecule has 0 fully saturated rings. The fourth-order valence-electron chi connectivity index (χ4n) is 3.17. The van der Waals surface area contributed by atoms with E-state index in [4.69, 9.17) is 4.42 Å². The maximum Gasteiger partial charge on any atom is 0.350 e. The molecule has 0 amide bonds. The molecule has 3 aromatic heterocycles. The number of pyridine rings is 2. The first-order valence-electron chi connectivity index (χ1n) is 8.85. The summed E-state index contributed by atoms with van der Waals surface area (Å²) in [5.41, 5.74) is 2.09. The van der Waals surface area contributed by atoms with Crippen LogP contribution in [-0.2, 0) is 6.54 Å². The van der Waals surface area contributed by atoms with E-state index in [-0.39, 0.29) is 5.56 Å². The zero-order valence-corrected chi connectivity index (χ0v) is 16.3. The third-order valence-corrected chi connectivity index (χ3v) is 5.73. The average molecular weight is 390 g/mol. The zero-order chi connectivity index (χ0) is 19.7. The topological polar surface area (TPSA) is 65.1 Å². The molecule has 140 valence electrons. The van der Waals surface area contributed by atoms with Gasteiger partial charge in [-0.2, -0.15) is 0 Å². The van der Waals surface area contributed by atoms with Crippen molar-refractivity contribution in [2.75, 3.05) is 0 Å². The van der Waals surface area contributed by atoms with Crippen molar-refractivity contribution in [3.63, 3.8) is 0 Å². The third-order valence-electron chi connectivity index (χ3n) is 4.60. The highest BCUT2D eigenvalue weighted by Gasteiger charge is 2.18. The van der Waals surface area contributed by atoms with Crippen molar-refractivity contribution in [1.29, 1.82) is 0 Å². The maximum atomic E-state index is 13.3. The molecule has 0 spiro atoms. The van der Waals surface area contributed by atoms with Gasteiger partial charge in [-0.25, -0.2) is 9.78 Å². The fraction of sp³-hybridized carbons (Fsp3) is 0.136. The average Bonchev–Trinajstić information content (AvgIpc) is 2.69. The second-order valence-corrected chi connectivity index (χ2v) is 7.55. The quantitative estimate of drug-likeness (QED) is 0.523. The Hall–Kier alpha value is -3.12. The minimum atomic E-state index is -0.458. The number of hydrogen-bond donors (Lipinski definition) is 0. The largest absolute Gasteiger partial charge is 0.422 e. The lowest BCUT2D eigenvalue weighted by atomic mass is 10.1. The highest BCUT2D eigenvalue weighted by atomic mass is 32.2. The molecule has 4 aromatic rings. The second kappa shape index (κ2) is 7.48. The van der Waals surface area contributed by atoms with Gasteiger partial charge in [0.05, 0.1) is 11.9 Å². The Morgan fingerprint density at radius 3 is 2.50 bits per heavy atom. The molecule has 5 nitrogen and oxygen atoms in total. The summed E-state index contributed by atoms with van der Waals surface area (Å²) in [6.45, 7) is 4.09. The smallest absolute Gasteiger partial charge is 0.350 e. The molecule has 28 heavy (non-hydrogen) atoms. The van der Waals surface area contributed by atoms with E-state index in [0.29, 0.717) is 33.0 Å². The molecule has 0 radical (unpaired) electrons. The highest BCUT2D eigenvalue weighted by Crippen LogP contribution is 2.29. The van der Waals surface area contributed by atoms with Crippen molar-refractivity contribution in [3.05, 3.63) is 98.4 Å². The van der Waals surface area contributed by atoms with Crippen LogP contribution < -0.4 is 11.2 Å². The van der Waals surface area contributed by atoms with Gasteiger partial charge in [0.2, 0.25) is 0 Å². The van der Waals surface area contributed by atoms with Gasteiger partial charge < -0.3 is 8.98 Å². The van der Waals surface area contributed by atoms with Gasteiger partial charge >= 0.3 is 5.63 Å². The van der Waals surface area contributed by atoms with Crippen molar-refractivity contribution >= 4 is 22.7 Å². The van der Waals surface area contributed by atoms with Crippen LogP contribution in [0.4, 0.5) is 0 Å². The first-order valence-corrected chi connectivity index (χ1v) is 9.67. The molecular weight excluding hydrogens is 372 g/mol. The number of aryl methyl sites for hydroxylation is 2. The summed E-state index contributed by atoms with van der Waals surface area (Å²) in [5.74, 6) is 0. The Labute approximate surface area is 165 Å². The predicted octanol–water partition coefficient (Wildman–Crippen LogP) is 4.17. The zero-order valence-electron chi connectivity index (χ0n) is 15.5. The molecule has 0 aliphatic heterocycles. The Balaban J connectivity index is 1.88. The molecule has 0 aliphatic carbocycles. The number of fused-ring (bicyclic) bond motifs is 1. The summed E-state index contributed by atoms with van der Waals surface area (Å²) >= 11 is 1.21. The van der Waals surface area contributed by atoms with E-state index >= 15 is 0 Å². The molecule has 0 atom stereocenters. The lowest BCUT2D eigenvalue weighted by molar-refractivity contribution is 0.538. The lowest BCUT2D eigenvalue weighted by Crippen LogP contribution is -2.24. The minimum Gasteiger partial charge on any atom is -0.422 e. The summed E-state index contributed by atoms with van der Waals surface area (Å²) < 4.78 is 7.20. The van der Waals surface area contributed by atoms with Crippen molar-refractivity contribution in [2.24, 2.45) is 0 Å². The maximum absolute atomic E-state index is 13.3. The molecule has 0 aliphatic rings. The van der Waals surface area contributed by atoms with Gasteiger partial charge in [0.1, 0.15) is 15.5 Å². The van der Waals surface area contributed by atoms with Crippen LogP contribution in [0.3, 0.4) is 0 Å². The van der Waals surface area contributed by atoms with Crippen LogP contribution in [0.2, 0.25) is 0 Å². The van der Waals surface area contributed by atoms with E-state index in [2.05, 4.69) is 4.98 Å². The molecule has 4 rings (SSSR count). The van der Waals surface area contributed by atoms with Crippen molar-refractivity contribution in [1.82, 2.24) is 9.55 Å². The van der Waals surface area contributed by atoms with Gasteiger partial charge in [-0.05, 0) is 37.1 Å². The molecule has 0 saturated heterocycles. The monoisotopic (exact) mass is 390 g/mol. The van der Waals surface area contributed by atoms with Gasteiger partial charge in [0.25, 0.3) is 5.56 Å². The van der Waals surface area contributed by atoms with Crippen LogP contribution >= 0.6 is 11.8 Å². The molecule has 0 bridgehead atoms. The fourth-order valence-corrected chi connectivity index (χ4v) is 4.02. The van der Waals surface area contributed by atoms with Gasteiger partial charge in [0.15, 0.2) is 0 Å². The Kier molecular flexibility index (Phi) is 4.88. The lowest BCUT2D eigenvalue weighted by Gasteiger charge is -2.13. The highest BCUT2D eigenvalue weighted by molar-refractivity contribution is 7.99. The molecule has 1 aromatic carbocycles. The van der Waals surface area contributed by atoms with Gasteiger partial charge in [0, 0.05) is 18.0 Å². The standard InChI is InChI=1S/C22H18N2O3S/c1-14-12-17-19(21(25)24(14)13-16-8-4-3-5-9-16)15(2)20(22(26)27-17)28-18-10-6-7-11-23-18/h3-12H,13H2,1-2H3. The van der Waals surface area contributed by atoms with E-state index in [9.17, 15) is 9.59 Å². The number of benzene rings is 1. The summed E-state index contributed by atoms with van der Waals surface area (Å²) in [6, 6.07) is 17.0. The first kappa shape index (κ1) is 18.3. The number of aromatic nitrogens is 2. The number of nitrogens with zero attached hydrogens (tertiary/aromatic N) is 2. The normalized spacial score (nSPS) is 11.1. The Morgan fingerprint density at radius 1 is 1.04 bits per heavy atom. The summed E-state index contributed by atoms with van der Waals surface area (Å²) in [5, 5.41) is 1.11. The number of hydrogen-bond acceptors (Lipinski definition) is 5. The first-order chi connectivity index (χ1) is 13.5. The van der Waals surface area contributed by atoms with Gasteiger partial charge in [-0.3, -0.25) is 4.79 Å². The van der Waals surface area contributed by atoms with Crippen molar-refractivity contribution in [2.45, 2.75) is 30.3 Å². The van der Waals surface area contributed by atoms with Gasteiger partial charge in [-0.15, -0.1) is 0 Å². The molecule has 0 saturated carbocycles. The van der Waals surface area contributed by atoms with E-state index in [0.717, 1.165) is 11.3 Å². The molecular formula is C22H18N2O3S. The van der Waals surface area contributed by atoms with Crippen LogP contribution in [-0.4, -0.2) is 9.55 Å². The van der Waals surface area contributed by atoms with E-state index in [1.165, 1.54) is 11.8 Å². The van der Waals surface area contributed by atoms with E-state index < -0.39 is 5.63 Å². The van der Waals surface area contributed by atoms with E-state index in [1.54, 1.807) is 23.8 Å². The van der Waals surface area contributed by atoms with Crippen LogP contribution in [0.5, 0.6) is 0 Å². The van der Waals surface area contributed by atoms with E-state index in [1.807, 2.05) is 55.5 Å².